The molecule has 2 heteroatoms. The number of nitrogens with zero attached hydrogens (tertiary/aromatic N) is 1. The first kappa shape index (κ1) is 12.4. The van der Waals surface area contributed by atoms with Crippen LogP contribution in [0.2, 0.25) is 0 Å². The normalized spacial score (nSPS) is 21.6. The monoisotopic (exact) mass is 232 g/mol. The number of anilines is 1. The summed E-state index contributed by atoms with van der Waals surface area (Å²) in [5.41, 5.74) is 3.00. The van der Waals surface area contributed by atoms with E-state index in [1.807, 2.05) is 0 Å². The van der Waals surface area contributed by atoms with E-state index in [4.69, 9.17) is 0 Å². The number of piperazine rings is 1. The van der Waals surface area contributed by atoms with Crippen molar-refractivity contribution < 1.29 is 0 Å². The topological polar surface area (TPSA) is 15.3 Å². The Kier molecular flexibility index (Phi) is 3.43. The molecule has 0 aliphatic carbocycles. The maximum Gasteiger partial charge on any atom is 0.0386 e. The van der Waals surface area contributed by atoms with Crippen LogP contribution < -0.4 is 10.2 Å². The molecular weight excluding hydrogens is 208 g/mol. The Balaban J connectivity index is 2.17. The van der Waals surface area contributed by atoms with E-state index >= 15 is 0 Å². The maximum atomic E-state index is 3.43. The highest BCUT2D eigenvalue weighted by Crippen LogP contribution is 2.25. The molecule has 1 N–H and O–H groups in total. The van der Waals surface area contributed by atoms with Crippen molar-refractivity contribution in [2.75, 3.05) is 24.5 Å². The summed E-state index contributed by atoms with van der Waals surface area (Å²) in [6.45, 7) is 12.3. The molecule has 2 rings (SSSR count). The number of hydrogen-bond donors (Lipinski definition) is 1. The summed E-state index contributed by atoms with van der Waals surface area (Å²) >= 11 is 0. The lowest BCUT2D eigenvalue weighted by molar-refractivity contribution is 0.500. The maximum absolute atomic E-state index is 3.43. The molecule has 0 amide bonds. The zero-order valence-corrected chi connectivity index (χ0v) is 11.5. The molecule has 1 fully saturated rings. The van der Waals surface area contributed by atoms with Gasteiger partial charge in [-0.15, -0.1) is 0 Å². The Hall–Kier alpha value is -1.02. The molecule has 0 aromatic heterocycles. The van der Waals surface area contributed by atoms with Crippen LogP contribution in [0.15, 0.2) is 24.3 Å². The van der Waals surface area contributed by atoms with Crippen molar-refractivity contribution in [3.63, 3.8) is 0 Å². The molecule has 1 saturated heterocycles. The average Bonchev–Trinajstić information content (AvgIpc) is 2.29. The van der Waals surface area contributed by atoms with Crippen LogP contribution in [0.4, 0.5) is 5.69 Å². The molecule has 1 aliphatic rings. The second-order valence-corrected chi connectivity index (χ2v) is 6.04. The van der Waals surface area contributed by atoms with Crippen LogP contribution in [0, 0.1) is 0 Å². The molecular formula is C15H24N2. The zero-order valence-electron chi connectivity index (χ0n) is 11.5. The summed E-state index contributed by atoms with van der Waals surface area (Å²) in [4.78, 5) is 2.49. The highest BCUT2D eigenvalue weighted by atomic mass is 15.2. The molecule has 1 heterocycles. The number of nitrogens with one attached hydrogen (secondary N) is 1. The van der Waals surface area contributed by atoms with Gasteiger partial charge in [0.05, 0.1) is 0 Å². The molecule has 1 atom stereocenters. The molecule has 0 bridgehead atoms. The van der Waals surface area contributed by atoms with E-state index in [0.717, 1.165) is 19.6 Å². The van der Waals surface area contributed by atoms with Crippen LogP contribution in [0.5, 0.6) is 0 Å². The fourth-order valence-electron chi connectivity index (χ4n) is 2.38. The third-order valence-electron chi connectivity index (χ3n) is 3.57. The molecule has 2 nitrogen and oxygen atoms in total. The SMILES string of the molecule is CC1CNCCN1c1ccc(C(C)(C)C)cc1. The van der Waals surface area contributed by atoms with Gasteiger partial charge in [-0.1, -0.05) is 32.9 Å². The molecule has 0 radical (unpaired) electrons. The minimum absolute atomic E-state index is 0.244. The van der Waals surface area contributed by atoms with Gasteiger partial charge < -0.3 is 10.2 Å². The smallest absolute Gasteiger partial charge is 0.0386 e. The fourth-order valence-corrected chi connectivity index (χ4v) is 2.38. The van der Waals surface area contributed by atoms with E-state index in [1.54, 1.807) is 0 Å². The first-order valence-corrected chi connectivity index (χ1v) is 6.56. The van der Waals surface area contributed by atoms with E-state index in [0.29, 0.717) is 6.04 Å². The first-order valence-electron chi connectivity index (χ1n) is 6.56. The minimum Gasteiger partial charge on any atom is -0.366 e. The van der Waals surface area contributed by atoms with Gasteiger partial charge in [-0.2, -0.15) is 0 Å². The molecule has 0 spiro atoms. The Bertz CT molecular complexity index is 362. The Morgan fingerprint density at radius 3 is 2.35 bits per heavy atom. The highest BCUT2D eigenvalue weighted by Gasteiger charge is 2.19. The quantitative estimate of drug-likeness (QED) is 0.801. The summed E-state index contributed by atoms with van der Waals surface area (Å²) in [6.07, 6.45) is 0. The van der Waals surface area contributed by atoms with Crippen molar-refractivity contribution in [3.8, 4) is 0 Å². The van der Waals surface area contributed by atoms with Crippen LogP contribution in [0.25, 0.3) is 0 Å². The predicted octanol–water partition coefficient (Wildman–Crippen LogP) is 2.78. The van der Waals surface area contributed by atoms with Gasteiger partial charge in [-0.05, 0) is 30.0 Å². The van der Waals surface area contributed by atoms with Gasteiger partial charge in [0.25, 0.3) is 0 Å². The Labute approximate surface area is 105 Å². The van der Waals surface area contributed by atoms with Crippen molar-refractivity contribution in [3.05, 3.63) is 29.8 Å². The zero-order chi connectivity index (χ0) is 12.5. The van der Waals surface area contributed by atoms with Gasteiger partial charge in [-0.25, -0.2) is 0 Å². The van der Waals surface area contributed by atoms with Crippen LogP contribution in [-0.4, -0.2) is 25.7 Å². The van der Waals surface area contributed by atoms with Crippen molar-refractivity contribution >= 4 is 5.69 Å². The second-order valence-electron chi connectivity index (χ2n) is 6.04. The lowest BCUT2D eigenvalue weighted by Gasteiger charge is -2.36. The summed E-state index contributed by atoms with van der Waals surface area (Å²) in [5.74, 6) is 0. The third kappa shape index (κ3) is 2.81. The number of benzene rings is 1. The summed E-state index contributed by atoms with van der Waals surface area (Å²) in [5, 5.41) is 3.43. The molecule has 17 heavy (non-hydrogen) atoms. The van der Waals surface area contributed by atoms with Gasteiger partial charge in [-0.3, -0.25) is 0 Å². The predicted molar refractivity (Wildman–Crippen MR) is 74.8 cm³/mol. The molecule has 0 saturated carbocycles. The van der Waals surface area contributed by atoms with Crippen LogP contribution >= 0.6 is 0 Å². The minimum atomic E-state index is 0.244. The van der Waals surface area contributed by atoms with E-state index < -0.39 is 0 Å². The fraction of sp³-hybridized carbons (Fsp3) is 0.600. The van der Waals surface area contributed by atoms with Gasteiger partial charge in [0.1, 0.15) is 0 Å². The van der Waals surface area contributed by atoms with Gasteiger partial charge >= 0.3 is 0 Å². The standard InChI is InChI=1S/C15H24N2/c1-12-11-16-9-10-17(12)14-7-5-13(6-8-14)15(2,3)4/h5-8,12,16H,9-11H2,1-4H3. The van der Waals surface area contributed by atoms with Crippen LogP contribution in [0.1, 0.15) is 33.3 Å². The van der Waals surface area contributed by atoms with E-state index in [-0.39, 0.29) is 5.41 Å². The molecule has 1 aliphatic heterocycles. The number of rotatable bonds is 1. The molecule has 94 valence electrons. The van der Waals surface area contributed by atoms with Crippen molar-refractivity contribution in [2.45, 2.75) is 39.2 Å². The highest BCUT2D eigenvalue weighted by molar-refractivity contribution is 5.49. The molecule has 1 unspecified atom stereocenters. The Morgan fingerprint density at radius 1 is 1.18 bits per heavy atom. The summed E-state index contributed by atoms with van der Waals surface area (Å²) in [6, 6.07) is 9.66. The van der Waals surface area contributed by atoms with E-state index in [1.165, 1.54) is 11.3 Å². The van der Waals surface area contributed by atoms with Crippen molar-refractivity contribution in [1.29, 1.82) is 0 Å². The van der Waals surface area contributed by atoms with Crippen LogP contribution in [-0.2, 0) is 5.41 Å². The second kappa shape index (κ2) is 4.69. The molecule has 1 aromatic rings. The van der Waals surface area contributed by atoms with Gasteiger partial charge in [0, 0.05) is 31.4 Å². The summed E-state index contributed by atoms with van der Waals surface area (Å²) in [7, 11) is 0. The third-order valence-corrected chi connectivity index (χ3v) is 3.57. The number of hydrogen-bond acceptors (Lipinski definition) is 2. The van der Waals surface area contributed by atoms with E-state index in [9.17, 15) is 0 Å². The van der Waals surface area contributed by atoms with Crippen molar-refractivity contribution in [1.82, 2.24) is 5.32 Å². The summed E-state index contributed by atoms with van der Waals surface area (Å²) < 4.78 is 0. The lowest BCUT2D eigenvalue weighted by Crippen LogP contribution is -2.49. The first-order chi connectivity index (χ1) is 7.98. The van der Waals surface area contributed by atoms with Crippen molar-refractivity contribution in [2.24, 2.45) is 0 Å². The lowest BCUT2D eigenvalue weighted by atomic mass is 9.87. The van der Waals surface area contributed by atoms with Gasteiger partial charge in [0.15, 0.2) is 0 Å². The largest absolute Gasteiger partial charge is 0.366 e. The average molecular weight is 232 g/mol. The van der Waals surface area contributed by atoms with Crippen LogP contribution in [0.3, 0.4) is 0 Å². The van der Waals surface area contributed by atoms with Gasteiger partial charge in [0.2, 0.25) is 0 Å². The molecule has 1 aromatic carbocycles. The Morgan fingerprint density at radius 2 is 1.82 bits per heavy atom. The van der Waals surface area contributed by atoms with E-state index in [2.05, 4.69) is 62.2 Å².